The first-order valence-corrected chi connectivity index (χ1v) is 4.60. The van der Waals surface area contributed by atoms with Gasteiger partial charge in [0, 0.05) is 0 Å². The van der Waals surface area contributed by atoms with Gasteiger partial charge in [-0.2, -0.15) is 0 Å². The van der Waals surface area contributed by atoms with E-state index in [9.17, 15) is 9.50 Å². The van der Waals surface area contributed by atoms with E-state index >= 15 is 0 Å². The molecule has 3 heteroatoms. The monoisotopic (exact) mass is 196 g/mol. The lowest BCUT2D eigenvalue weighted by atomic mass is 9.89. The van der Waals surface area contributed by atoms with Crippen LogP contribution < -0.4 is 0 Å². The average Bonchev–Trinajstić information content (AvgIpc) is 2.09. The first-order chi connectivity index (χ1) is 6.53. The van der Waals surface area contributed by atoms with Crippen molar-refractivity contribution in [2.75, 3.05) is 13.2 Å². The minimum Gasteiger partial charge on any atom is -0.380 e. The van der Waals surface area contributed by atoms with Gasteiger partial charge in [-0.25, -0.2) is 4.39 Å². The van der Waals surface area contributed by atoms with Gasteiger partial charge >= 0.3 is 0 Å². The molecule has 1 aromatic carbocycles. The van der Waals surface area contributed by atoms with E-state index in [1.807, 2.05) is 0 Å². The molecule has 0 bridgehead atoms. The van der Waals surface area contributed by atoms with E-state index < -0.39 is 5.60 Å². The molecule has 0 radical (unpaired) electrons. The molecule has 2 nitrogen and oxygen atoms in total. The summed E-state index contributed by atoms with van der Waals surface area (Å²) in [6.45, 7) is 4.01. The highest BCUT2D eigenvalue weighted by molar-refractivity contribution is 5.35. The summed E-state index contributed by atoms with van der Waals surface area (Å²) in [6, 6.07) is 3.37. The molecule has 1 aromatic rings. The largest absolute Gasteiger partial charge is 0.380 e. The van der Waals surface area contributed by atoms with Gasteiger partial charge in [0.15, 0.2) is 0 Å². The van der Waals surface area contributed by atoms with Gasteiger partial charge in [0.25, 0.3) is 0 Å². The van der Waals surface area contributed by atoms with Crippen molar-refractivity contribution in [3.05, 3.63) is 34.6 Å². The van der Waals surface area contributed by atoms with Crippen LogP contribution in [0.5, 0.6) is 0 Å². The molecule has 1 aliphatic rings. The number of hydrogen-bond acceptors (Lipinski definition) is 2. The van der Waals surface area contributed by atoms with Crippen molar-refractivity contribution in [3.8, 4) is 0 Å². The molecular weight excluding hydrogens is 183 g/mol. The van der Waals surface area contributed by atoms with E-state index in [4.69, 9.17) is 4.74 Å². The molecule has 14 heavy (non-hydrogen) atoms. The van der Waals surface area contributed by atoms with Crippen molar-refractivity contribution in [3.63, 3.8) is 0 Å². The molecule has 0 atom stereocenters. The van der Waals surface area contributed by atoms with Crippen LogP contribution in [-0.2, 0) is 10.3 Å². The van der Waals surface area contributed by atoms with Gasteiger partial charge in [-0.1, -0.05) is 12.1 Å². The number of benzene rings is 1. The van der Waals surface area contributed by atoms with Crippen LogP contribution in [0.1, 0.15) is 16.7 Å². The third-order valence-electron chi connectivity index (χ3n) is 2.66. The predicted octanol–water partition coefficient (Wildman–Crippen LogP) is 1.66. The summed E-state index contributed by atoms with van der Waals surface area (Å²) in [5.74, 6) is -0.197. The van der Waals surface area contributed by atoms with E-state index in [0.717, 1.165) is 5.56 Å². The first kappa shape index (κ1) is 9.62. The number of aliphatic hydroxyl groups is 1. The molecule has 0 saturated carbocycles. The van der Waals surface area contributed by atoms with Gasteiger partial charge in [0.2, 0.25) is 0 Å². The fourth-order valence-electron chi connectivity index (χ4n) is 1.68. The Bertz CT molecular complexity index is 347. The summed E-state index contributed by atoms with van der Waals surface area (Å²) in [4.78, 5) is 0. The second kappa shape index (κ2) is 3.04. The van der Waals surface area contributed by atoms with Crippen molar-refractivity contribution in [2.24, 2.45) is 0 Å². The van der Waals surface area contributed by atoms with Crippen molar-refractivity contribution in [1.82, 2.24) is 0 Å². The zero-order valence-corrected chi connectivity index (χ0v) is 8.30. The summed E-state index contributed by atoms with van der Waals surface area (Å²) in [5.41, 5.74) is 0.990. The molecular formula is C11H13FO2. The van der Waals surface area contributed by atoms with E-state index in [1.165, 1.54) is 0 Å². The standard InChI is InChI=1S/C11H13FO2/c1-7-3-9(4-8(2)10(7)12)11(13)5-14-6-11/h3-4,13H,5-6H2,1-2H3. The van der Waals surface area contributed by atoms with E-state index in [2.05, 4.69) is 0 Å². The Morgan fingerprint density at radius 1 is 1.29 bits per heavy atom. The second-order valence-electron chi connectivity index (χ2n) is 3.95. The topological polar surface area (TPSA) is 29.5 Å². The minimum atomic E-state index is -0.900. The summed E-state index contributed by atoms with van der Waals surface area (Å²) in [6.07, 6.45) is 0. The highest BCUT2D eigenvalue weighted by atomic mass is 19.1. The summed E-state index contributed by atoms with van der Waals surface area (Å²) in [7, 11) is 0. The lowest BCUT2D eigenvalue weighted by Gasteiger charge is -2.37. The first-order valence-electron chi connectivity index (χ1n) is 4.60. The fraction of sp³-hybridized carbons (Fsp3) is 0.455. The van der Waals surface area contributed by atoms with Crippen LogP contribution in [0.15, 0.2) is 12.1 Å². The van der Waals surface area contributed by atoms with Gasteiger partial charge in [-0.15, -0.1) is 0 Å². The van der Waals surface area contributed by atoms with Gasteiger partial charge in [-0.05, 0) is 30.5 Å². The third-order valence-corrected chi connectivity index (χ3v) is 2.66. The van der Waals surface area contributed by atoms with Crippen LogP contribution >= 0.6 is 0 Å². The van der Waals surface area contributed by atoms with Crippen molar-refractivity contribution in [2.45, 2.75) is 19.4 Å². The smallest absolute Gasteiger partial charge is 0.136 e. The van der Waals surface area contributed by atoms with Crippen LogP contribution in [-0.4, -0.2) is 18.3 Å². The Morgan fingerprint density at radius 3 is 2.14 bits per heavy atom. The van der Waals surface area contributed by atoms with Crippen molar-refractivity contribution < 1.29 is 14.2 Å². The van der Waals surface area contributed by atoms with Crippen molar-refractivity contribution in [1.29, 1.82) is 0 Å². The Morgan fingerprint density at radius 2 is 1.79 bits per heavy atom. The number of aryl methyl sites for hydroxylation is 2. The summed E-state index contributed by atoms with van der Waals surface area (Å²) < 4.78 is 18.3. The van der Waals surface area contributed by atoms with E-state index in [0.29, 0.717) is 24.3 Å². The maximum atomic E-state index is 13.3. The molecule has 0 amide bonds. The van der Waals surface area contributed by atoms with Gasteiger partial charge in [0.05, 0.1) is 13.2 Å². The predicted molar refractivity (Wildman–Crippen MR) is 50.6 cm³/mol. The molecule has 0 spiro atoms. The number of ether oxygens (including phenoxy) is 1. The highest BCUT2D eigenvalue weighted by Gasteiger charge is 2.38. The van der Waals surface area contributed by atoms with E-state index in [1.54, 1.807) is 26.0 Å². The van der Waals surface area contributed by atoms with Crippen LogP contribution in [0.4, 0.5) is 4.39 Å². The average molecular weight is 196 g/mol. The molecule has 1 N–H and O–H groups in total. The molecule has 1 aliphatic heterocycles. The Hall–Kier alpha value is -0.930. The molecule has 0 aromatic heterocycles. The maximum absolute atomic E-state index is 13.3. The third kappa shape index (κ3) is 1.33. The number of hydrogen-bond donors (Lipinski definition) is 1. The van der Waals surface area contributed by atoms with Gasteiger partial charge in [0.1, 0.15) is 11.4 Å². The van der Waals surface area contributed by atoms with Crippen LogP contribution in [0.25, 0.3) is 0 Å². The molecule has 0 aliphatic carbocycles. The zero-order valence-electron chi connectivity index (χ0n) is 8.30. The van der Waals surface area contributed by atoms with Gasteiger partial charge in [-0.3, -0.25) is 0 Å². The molecule has 1 fully saturated rings. The minimum absolute atomic E-state index is 0.197. The molecule has 76 valence electrons. The molecule has 2 rings (SSSR count). The lowest BCUT2D eigenvalue weighted by Crippen LogP contribution is -2.46. The Labute approximate surface area is 82.3 Å². The van der Waals surface area contributed by atoms with E-state index in [-0.39, 0.29) is 5.82 Å². The zero-order chi connectivity index (χ0) is 10.3. The van der Waals surface area contributed by atoms with Crippen LogP contribution in [0, 0.1) is 19.7 Å². The molecule has 1 saturated heterocycles. The SMILES string of the molecule is Cc1cc(C2(O)COC2)cc(C)c1F. The van der Waals surface area contributed by atoms with Crippen LogP contribution in [0.2, 0.25) is 0 Å². The van der Waals surface area contributed by atoms with Crippen molar-refractivity contribution >= 4 is 0 Å². The maximum Gasteiger partial charge on any atom is 0.136 e. The summed E-state index contributed by atoms with van der Waals surface area (Å²) >= 11 is 0. The van der Waals surface area contributed by atoms with Crippen LogP contribution in [0.3, 0.4) is 0 Å². The lowest BCUT2D eigenvalue weighted by molar-refractivity contribution is -0.184. The normalized spacial score (nSPS) is 19.1. The number of rotatable bonds is 1. The van der Waals surface area contributed by atoms with Gasteiger partial charge < -0.3 is 9.84 Å². The molecule has 0 unspecified atom stereocenters. The quantitative estimate of drug-likeness (QED) is 0.740. The Kier molecular flexibility index (Phi) is 2.09. The molecule has 1 heterocycles. The summed E-state index contributed by atoms with van der Waals surface area (Å²) in [5, 5.41) is 9.97. The fourth-order valence-corrected chi connectivity index (χ4v) is 1.68. The highest BCUT2D eigenvalue weighted by Crippen LogP contribution is 2.31. The number of halogens is 1. The Balaban J connectivity index is 2.45. The second-order valence-corrected chi connectivity index (χ2v) is 3.95.